The SMILES string of the molecule is O=[N+]([O-])c1ccc2c(c1)[C@H]1C=CC[C@H]1[C@H]([C@H]1CC=CCC1)N2. The lowest BCUT2D eigenvalue weighted by Crippen LogP contribution is -2.41. The lowest BCUT2D eigenvalue weighted by molar-refractivity contribution is -0.384. The molecule has 0 radical (unpaired) electrons. The van der Waals surface area contributed by atoms with Crippen LogP contribution in [-0.2, 0) is 0 Å². The van der Waals surface area contributed by atoms with E-state index in [9.17, 15) is 10.1 Å². The van der Waals surface area contributed by atoms with Crippen molar-refractivity contribution in [2.75, 3.05) is 5.32 Å². The Labute approximate surface area is 130 Å². The smallest absolute Gasteiger partial charge is 0.269 e. The first-order valence-electron chi connectivity index (χ1n) is 8.10. The molecule has 0 fully saturated rings. The van der Waals surface area contributed by atoms with E-state index < -0.39 is 0 Å². The molecule has 0 amide bonds. The summed E-state index contributed by atoms with van der Waals surface area (Å²) >= 11 is 0. The normalized spacial score (nSPS) is 32.2. The summed E-state index contributed by atoms with van der Waals surface area (Å²) in [7, 11) is 0. The summed E-state index contributed by atoms with van der Waals surface area (Å²) in [6, 6.07) is 5.73. The van der Waals surface area contributed by atoms with Crippen molar-refractivity contribution in [3.63, 3.8) is 0 Å². The summed E-state index contributed by atoms with van der Waals surface area (Å²) in [5.41, 5.74) is 2.37. The standard InChI is InChI=1S/C18H20N2O2/c21-20(22)13-9-10-17-16(11-13)14-7-4-8-15(14)18(19-17)12-5-2-1-3-6-12/h1-2,4,7,9-12,14-15,18-19H,3,5-6,8H2/t12-,14-,15+,18-/m0/s1. The van der Waals surface area contributed by atoms with E-state index in [1.807, 2.05) is 6.07 Å². The van der Waals surface area contributed by atoms with E-state index in [1.54, 1.807) is 12.1 Å². The second-order valence-electron chi connectivity index (χ2n) is 6.60. The summed E-state index contributed by atoms with van der Waals surface area (Å²) in [6.07, 6.45) is 13.7. The van der Waals surface area contributed by atoms with Gasteiger partial charge in [0, 0.05) is 29.8 Å². The van der Waals surface area contributed by atoms with Gasteiger partial charge < -0.3 is 5.32 Å². The second-order valence-corrected chi connectivity index (χ2v) is 6.60. The highest BCUT2D eigenvalue weighted by Gasteiger charge is 2.40. The van der Waals surface area contributed by atoms with Crippen LogP contribution in [0.25, 0.3) is 0 Å². The minimum absolute atomic E-state index is 0.193. The Hall–Kier alpha value is -2.10. The molecule has 22 heavy (non-hydrogen) atoms. The number of non-ortho nitro benzene ring substituents is 1. The van der Waals surface area contributed by atoms with E-state index in [-0.39, 0.29) is 10.6 Å². The van der Waals surface area contributed by atoms with Crippen molar-refractivity contribution >= 4 is 11.4 Å². The minimum Gasteiger partial charge on any atom is -0.381 e. The third-order valence-corrected chi connectivity index (χ3v) is 5.42. The molecule has 0 saturated carbocycles. The predicted octanol–water partition coefficient (Wildman–Crippen LogP) is 4.40. The average Bonchev–Trinajstić information content (AvgIpc) is 3.04. The minimum atomic E-state index is -0.300. The fourth-order valence-corrected chi connectivity index (χ4v) is 4.34. The summed E-state index contributed by atoms with van der Waals surface area (Å²) in [4.78, 5) is 10.8. The van der Waals surface area contributed by atoms with Crippen LogP contribution in [0.2, 0.25) is 0 Å². The number of nitro groups is 1. The van der Waals surface area contributed by atoms with Crippen molar-refractivity contribution in [3.8, 4) is 0 Å². The molecule has 4 heteroatoms. The van der Waals surface area contributed by atoms with Gasteiger partial charge in [0.15, 0.2) is 0 Å². The Morgan fingerprint density at radius 3 is 2.86 bits per heavy atom. The number of benzene rings is 1. The molecule has 2 aliphatic carbocycles. The van der Waals surface area contributed by atoms with Crippen LogP contribution in [0.15, 0.2) is 42.5 Å². The van der Waals surface area contributed by atoms with Gasteiger partial charge in [0.1, 0.15) is 0 Å². The number of nitrogens with zero attached hydrogens (tertiary/aromatic N) is 1. The molecule has 3 aliphatic rings. The van der Waals surface area contributed by atoms with Gasteiger partial charge in [0.05, 0.1) is 4.92 Å². The molecule has 0 spiro atoms. The largest absolute Gasteiger partial charge is 0.381 e. The quantitative estimate of drug-likeness (QED) is 0.500. The van der Waals surface area contributed by atoms with Gasteiger partial charge in [-0.25, -0.2) is 0 Å². The number of nitro benzene ring substituents is 1. The molecule has 1 aromatic rings. The molecule has 1 N–H and O–H groups in total. The Kier molecular flexibility index (Phi) is 3.25. The summed E-state index contributed by atoms with van der Waals surface area (Å²) in [5, 5.41) is 14.8. The molecule has 0 unspecified atom stereocenters. The molecule has 114 valence electrons. The maximum atomic E-state index is 11.1. The van der Waals surface area contributed by atoms with Crippen LogP contribution in [0.1, 0.15) is 37.2 Å². The number of anilines is 1. The first-order valence-corrected chi connectivity index (χ1v) is 8.10. The van der Waals surface area contributed by atoms with Crippen LogP contribution < -0.4 is 5.32 Å². The highest BCUT2D eigenvalue weighted by molar-refractivity contribution is 5.62. The molecule has 1 aromatic carbocycles. The Bertz CT molecular complexity index is 665. The lowest BCUT2D eigenvalue weighted by atomic mass is 9.72. The zero-order valence-corrected chi connectivity index (χ0v) is 12.4. The number of allylic oxidation sites excluding steroid dienone is 4. The van der Waals surface area contributed by atoms with Gasteiger partial charge in [0.25, 0.3) is 5.69 Å². The van der Waals surface area contributed by atoms with Crippen molar-refractivity contribution in [1.29, 1.82) is 0 Å². The molecule has 1 aliphatic heterocycles. The number of rotatable bonds is 2. The van der Waals surface area contributed by atoms with Crippen molar-refractivity contribution in [2.45, 2.75) is 37.6 Å². The summed E-state index contributed by atoms with van der Waals surface area (Å²) in [6.45, 7) is 0. The third-order valence-electron chi connectivity index (χ3n) is 5.42. The fraction of sp³-hybridized carbons (Fsp3) is 0.444. The van der Waals surface area contributed by atoms with Crippen LogP contribution in [0.4, 0.5) is 11.4 Å². The number of hydrogen-bond donors (Lipinski definition) is 1. The average molecular weight is 296 g/mol. The van der Waals surface area contributed by atoms with Gasteiger partial charge >= 0.3 is 0 Å². The van der Waals surface area contributed by atoms with E-state index in [2.05, 4.69) is 29.6 Å². The highest BCUT2D eigenvalue weighted by atomic mass is 16.6. The van der Waals surface area contributed by atoms with Crippen molar-refractivity contribution in [1.82, 2.24) is 0 Å². The molecular formula is C18H20N2O2. The monoisotopic (exact) mass is 296 g/mol. The summed E-state index contributed by atoms with van der Waals surface area (Å²) < 4.78 is 0. The molecule has 4 rings (SSSR count). The van der Waals surface area contributed by atoms with Gasteiger partial charge in [0.2, 0.25) is 0 Å². The zero-order valence-electron chi connectivity index (χ0n) is 12.4. The zero-order chi connectivity index (χ0) is 15.1. The van der Waals surface area contributed by atoms with E-state index in [0.717, 1.165) is 24.1 Å². The van der Waals surface area contributed by atoms with Gasteiger partial charge in [-0.2, -0.15) is 0 Å². The Morgan fingerprint density at radius 2 is 2.09 bits per heavy atom. The molecule has 0 aromatic heterocycles. The van der Waals surface area contributed by atoms with Gasteiger partial charge in [-0.3, -0.25) is 10.1 Å². The first kappa shape index (κ1) is 13.6. The summed E-state index contributed by atoms with van der Waals surface area (Å²) in [5.74, 6) is 1.53. The van der Waals surface area contributed by atoms with Crippen LogP contribution in [-0.4, -0.2) is 11.0 Å². The molecule has 0 bridgehead atoms. The Morgan fingerprint density at radius 1 is 1.18 bits per heavy atom. The number of nitrogens with one attached hydrogen (secondary N) is 1. The van der Waals surface area contributed by atoms with E-state index in [1.165, 1.54) is 12.8 Å². The lowest BCUT2D eigenvalue weighted by Gasteiger charge is -2.41. The van der Waals surface area contributed by atoms with Gasteiger partial charge in [-0.1, -0.05) is 24.3 Å². The van der Waals surface area contributed by atoms with Crippen LogP contribution in [0.5, 0.6) is 0 Å². The topological polar surface area (TPSA) is 55.2 Å². The van der Waals surface area contributed by atoms with Gasteiger partial charge in [-0.15, -0.1) is 0 Å². The van der Waals surface area contributed by atoms with Crippen LogP contribution in [0.3, 0.4) is 0 Å². The van der Waals surface area contributed by atoms with Crippen molar-refractivity contribution < 1.29 is 4.92 Å². The van der Waals surface area contributed by atoms with E-state index in [4.69, 9.17) is 0 Å². The first-order chi connectivity index (χ1) is 10.7. The maximum Gasteiger partial charge on any atom is 0.269 e. The molecule has 4 nitrogen and oxygen atoms in total. The number of hydrogen-bond acceptors (Lipinski definition) is 3. The third kappa shape index (κ3) is 2.14. The molecule has 0 saturated heterocycles. The fourth-order valence-electron chi connectivity index (χ4n) is 4.34. The van der Waals surface area contributed by atoms with Crippen molar-refractivity contribution in [3.05, 3.63) is 58.2 Å². The van der Waals surface area contributed by atoms with Crippen molar-refractivity contribution in [2.24, 2.45) is 11.8 Å². The Balaban J connectivity index is 1.70. The highest BCUT2D eigenvalue weighted by Crippen LogP contribution is 2.48. The number of fused-ring (bicyclic) bond motifs is 3. The van der Waals surface area contributed by atoms with Crippen LogP contribution in [0, 0.1) is 22.0 Å². The molecular weight excluding hydrogens is 276 g/mol. The van der Waals surface area contributed by atoms with E-state index >= 15 is 0 Å². The second kappa shape index (κ2) is 5.27. The van der Waals surface area contributed by atoms with Crippen LogP contribution >= 0.6 is 0 Å². The molecule has 4 atom stereocenters. The molecule has 1 heterocycles. The van der Waals surface area contributed by atoms with Gasteiger partial charge in [-0.05, 0) is 49.1 Å². The predicted molar refractivity (Wildman–Crippen MR) is 87.0 cm³/mol. The maximum absolute atomic E-state index is 11.1. The van der Waals surface area contributed by atoms with E-state index in [0.29, 0.717) is 23.8 Å².